The van der Waals surface area contributed by atoms with Crippen LogP contribution in [0.1, 0.15) is 52.4 Å². The van der Waals surface area contributed by atoms with Crippen molar-refractivity contribution in [1.29, 1.82) is 0 Å². The molecule has 0 amide bonds. The summed E-state index contributed by atoms with van der Waals surface area (Å²) in [6, 6.07) is 0. The van der Waals surface area contributed by atoms with Gasteiger partial charge in [-0.05, 0) is 39.9 Å². The highest BCUT2D eigenvalue weighted by Gasteiger charge is 2.00. The van der Waals surface area contributed by atoms with Crippen molar-refractivity contribution in [2.45, 2.75) is 57.7 Å². The Bertz CT molecular complexity index is 115. The van der Waals surface area contributed by atoms with Gasteiger partial charge < -0.3 is 4.90 Å². The molecule has 0 bridgehead atoms. The van der Waals surface area contributed by atoms with E-state index in [0.717, 1.165) is 13.0 Å². The van der Waals surface area contributed by atoms with Crippen molar-refractivity contribution < 1.29 is 0 Å². The molecule has 0 saturated carbocycles. The Morgan fingerprint density at radius 3 is 2.29 bits per heavy atom. The van der Waals surface area contributed by atoms with Gasteiger partial charge in [-0.25, -0.2) is 0 Å². The molecule has 0 saturated heterocycles. The summed E-state index contributed by atoms with van der Waals surface area (Å²) in [4.78, 5) is 2.39. The molecule has 0 rings (SSSR count). The van der Waals surface area contributed by atoms with Crippen molar-refractivity contribution in [3.63, 3.8) is 0 Å². The summed E-state index contributed by atoms with van der Waals surface area (Å²) in [5, 5.41) is 0.317. The molecule has 2 heteroatoms. The normalized spacial score (nSPS) is 13.5. The van der Waals surface area contributed by atoms with Crippen molar-refractivity contribution in [2.24, 2.45) is 0 Å². The first-order valence-electron chi connectivity index (χ1n) is 5.99. The SMILES string of the molecule is CCCCCCCN(C)CCC(C)Cl. The highest BCUT2D eigenvalue weighted by molar-refractivity contribution is 6.20. The standard InChI is InChI=1S/C12H26ClN/c1-4-5-6-7-8-10-14(3)11-9-12(2)13/h12H,4-11H2,1-3H3. The van der Waals surface area contributed by atoms with Gasteiger partial charge in [0.25, 0.3) is 0 Å². The molecule has 0 aromatic heterocycles. The van der Waals surface area contributed by atoms with Gasteiger partial charge in [-0.3, -0.25) is 0 Å². The Kier molecular flexibility index (Phi) is 9.97. The Hall–Kier alpha value is 0.250. The summed E-state index contributed by atoms with van der Waals surface area (Å²) in [7, 11) is 2.19. The van der Waals surface area contributed by atoms with Crippen molar-refractivity contribution in [1.82, 2.24) is 4.90 Å². The minimum atomic E-state index is 0.317. The topological polar surface area (TPSA) is 3.24 Å². The maximum absolute atomic E-state index is 5.90. The highest BCUT2D eigenvalue weighted by atomic mass is 35.5. The minimum absolute atomic E-state index is 0.317. The van der Waals surface area contributed by atoms with Gasteiger partial charge in [-0.1, -0.05) is 32.6 Å². The lowest BCUT2D eigenvalue weighted by atomic mass is 10.1. The second-order valence-corrected chi connectivity index (χ2v) is 5.03. The van der Waals surface area contributed by atoms with Crippen LogP contribution in [0.3, 0.4) is 0 Å². The maximum atomic E-state index is 5.90. The smallest absolute Gasteiger partial charge is 0.0320 e. The molecule has 1 atom stereocenters. The molecule has 0 aromatic rings. The van der Waals surface area contributed by atoms with Gasteiger partial charge in [-0.15, -0.1) is 11.6 Å². The second kappa shape index (κ2) is 9.79. The van der Waals surface area contributed by atoms with E-state index in [1.54, 1.807) is 0 Å². The third-order valence-electron chi connectivity index (χ3n) is 2.55. The molecular weight excluding hydrogens is 194 g/mol. The van der Waals surface area contributed by atoms with E-state index in [1.807, 2.05) is 0 Å². The molecule has 0 aliphatic heterocycles. The Labute approximate surface area is 94.8 Å². The van der Waals surface area contributed by atoms with E-state index in [-0.39, 0.29) is 0 Å². The van der Waals surface area contributed by atoms with Crippen LogP contribution < -0.4 is 0 Å². The van der Waals surface area contributed by atoms with Gasteiger partial charge in [0.2, 0.25) is 0 Å². The van der Waals surface area contributed by atoms with Crippen molar-refractivity contribution in [3.8, 4) is 0 Å². The number of hydrogen-bond donors (Lipinski definition) is 0. The number of rotatable bonds is 9. The van der Waals surface area contributed by atoms with Gasteiger partial charge in [-0.2, -0.15) is 0 Å². The number of nitrogens with zero attached hydrogens (tertiary/aromatic N) is 1. The van der Waals surface area contributed by atoms with Crippen LogP contribution in [0.4, 0.5) is 0 Å². The van der Waals surface area contributed by atoms with E-state index in [1.165, 1.54) is 38.6 Å². The summed E-state index contributed by atoms with van der Waals surface area (Å²) in [5.41, 5.74) is 0. The zero-order chi connectivity index (χ0) is 10.8. The molecule has 0 aromatic carbocycles. The Morgan fingerprint density at radius 1 is 1.07 bits per heavy atom. The van der Waals surface area contributed by atoms with Crippen LogP contribution in [-0.2, 0) is 0 Å². The predicted octanol–water partition coefficient (Wildman–Crippen LogP) is 3.91. The first-order valence-corrected chi connectivity index (χ1v) is 6.43. The van der Waals surface area contributed by atoms with E-state index in [9.17, 15) is 0 Å². The van der Waals surface area contributed by atoms with Crippen LogP contribution in [-0.4, -0.2) is 30.4 Å². The summed E-state index contributed by atoms with van der Waals surface area (Å²) in [6.45, 7) is 6.69. The van der Waals surface area contributed by atoms with E-state index in [4.69, 9.17) is 11.6 Å². The first-order chi connectivity index (χ1) is 6.66. The number of unbranched alkanes of at least 4 members (excludes halogenated alkanes) is 4. The molecule has 1 nitrogen and oxygen atoms in total. The lowest BCUT2D eigenvalue weighted by molar-refractivity contribution is 0.319. The fourth-order valence-corrected chi connectivity index (χ4v) is 1.59. The second-order valence-electron chi connectivity index (χ2n) is 4.29. The molecule has 0 N–H and O–H groups in total. The third-order valence-corrected chi connectivity index (χ3v) is 2.77. The van der Waals surface area contributed by atoms with Crippen LogP contribution in [0.5, 0.6) is 0 Å². The lowest BCUT2D eigenvalue weighted by Gasteiger charge is -2.16. The summed E-state index contributed by atoms with van der Waals surface area (Å²) >= 11 is 5.90. The van der Waals surface area contributed by atoms with Gasteiger partial charge >= 0.3 is 0 Å². The molecule has 0 spiro atoms. The molecule has 0 aliphatic rings. The molecule has 0 radical (unpaired) electrons. The fraction of sp³-hybridized carbons (Fsp3) is 1.00. The summed E-state index contributed by atoms with van der Waals surface area (Å²) in [6.07, 6.45) is 7.95. The predicted molar refractivity (Wildman–Crippen MR) is 66.2 cm³/mol. The number of hydrogen-bond acceptors (Lipinski definition) is 1. The van der Waals surface area contributed by atoms with E-state index < -0.39 is 0 Å². The molecule has 0 heterocycles. The molecule has 14 heavy (non-hydrogen) atoms. The van der Waals surface area contributed by atoms with Crippen LogP contribution in [0.15, 0.2) is 0 Å². The Balaban J connectivity index is 3.14. The van der Waals surface area contributed by atoms with Gasteiger partial charge in [0.15, 0.2) is 0 Å². The van der Waals surface area contributed by atoms with E-state index in [0.29, 0.717) is 5.38 Å². The largest absolute Gasteiger partial charge is 0.306 e. The van der Waals surface area contributed by atoms with Gasteiger partial charge in [0.05, 0.1) is 0 Å². The lowest BCUT2D eigenvalue weighted by Crippen LogP contribution is -2.22. The van der Waals surface area contributed by atoms with Crippen LogP contribution in [0, 0.1) is 0 Å². The summed E-state index contributed by atoms with van der Waals surface area (Å²) < 4.78 is 0. The maximum Gasteiger partial charge on any atom is 0.0320 e. The first kappa shape index (κ1) is 14.2. The van der Waals surface area contributed by atoms with E-state index >= 15 is 0 Å². The zero-order valence-electron chi connectivity index (χ0n) is 10.1. The number of halogens is 1. The van der Waals surface area contributed by atoms with Gasteiger partial charge in [0, 0.05) is 5.38 Å². The Morgan fingerprint density at radius 2 is 1.71 bits per heavy atom. The zero-order valence-corrected chi connectivity index (χ0v) is 10.8. The highest BCUT2D eigenvalue weighted by Crippen LogP contribution is 2.05. The van der Waals surface area contributed by atoms with Gasteiger partial charge in [0.1, 0.15) is 0 Å². The average molecular weight is 220 g/mol. The monoisotopic (exact) mass is 219 g/mol. The van der Waals surface area contributed by atoms with Crippen LogP contribution in [0.2, 0.25) is 0 Å². The molecule has 1 unspecified atom stereocenters. The third kappa shape index (κ3) is 10.3. The quantitative estimate of drug-likeness (QED) is 0.420. The minimum Gasteiger partial charge on any atom is -0.306 e. The molecule has 86 valence electrons. The molecule has 0 aliphatic carbocycles. The van der Waals surface area contributed by atoms with Crippen molar-refractivity contribution in [2.75, 3.05) is 20.1 Å². The van der Waals surface area contributed by atoms with Crippen molar-refractivity contribution in [3.05, 3.63) is 0 Å². The van der Waals surface area contributed by atoms with Crippen LogP contribution in [0.25, 0.3) is 0 Å². The van der Waals surface area contributed by atoms with E-state index in [2.05, 4.69) is 25.8 Å². The number of alkyl halides is 1. The average Bonchev–Trinajstić information content (AvgIpc) is 2.14. The van der Waals surface area contributed by atoms with Crippen LogP contribution >= 0.6 is 11.6 Å². The fourth-order valence-electron chi connectivity index (χ4n) is 1.50. The molecular formula is C12H26ClN. The van der Waals surface area contributed by atoms with Crippen molar-refractivity contribution >= 4 is 11.6 Å². The molecule has 0 fully saturated rings. The summed E-state index contributed by atoms with van der Waals surface area (Å²) in [5.74, 6) is 0.